The van der Waals surface area contributed by atoms with Gasteiger partial charge in [-0.2, -0.15) is 0 Å². The van der Waals surface area contributed by atoms with E-state index in [1.807, 2.05) is 12.1 Å². The second kappa shape index (κ2) is 6.67. The monoisotopic (exact) mass is 214 g/mol. The minimum absolute atomic E-state index is 1.28. The molecule has 0 aliphatic rings. The lowest BCUT2D eigenvalue weighted by atomic mass is 10.1. The highest BCUT2D eigenvalue weighted by molar-refractivity contribution is 5.94. The molecule has 0 heterocycles. The molecule has 2 nitrogen and oxygen atoms in total. The summed E-state index contributed by atoms with van der Waals surface area (Å²) in [6, 6.07) is 20.8. The van der Waals surface area contributed by atoms with E-state index in [1.54, 1.807) is 0 Å². The average Bonchev–Trinajstić information content (AvgIpc) is 2.32. The first-order valence-electron chi connectivity index (χ1n) is 4.48. The van der Waals surface area contributed by atoms with Crippen LogP contribution in [0.2, 0.25) is 0 Å². The summed E-state index contributed by atoms with van der Waals surface area (Å²) in [5, 5.41) is 0. The minimum Gasteiger partial charge on any atom is -0.274 e. The molecule has 0 amide bonds. The molecule has 0 atom stereocenters. The highest BCUT2D eigenvalue weighted by Crippen LogP contribution is 2.17. The number of hydrogen-bond acceptors (Lipinski definition) is 2. The van der Waals surface area contributed by atoms with Gasteiger partial charge in [0.2, 0.25) is 0 Å². The van der Waals surface area contributed by atoms with Crippen molar-refractivity contribution in [3.8, 4) is 11.1 Å². The van der Waals surface area contributed by atoms with Gasteiger partial charge in [0.05, 0.1) is 0 Å². The van der Waals surface area contributed by atoms with E-state index < -0.39 is 9.29 Å². The van der Waals surface area contributed by atoms with E-state index in [4.69, 9.17) is 8.92 Å². The Labute approximate surface area is 90.5 Å². The zero-order chi connectivity index (χ0) is 10.9. The largest absolute Gasteiger partial charge is 0.549 e. The molecule has 2 aromatic rings. The van der Waals surface area contributed by atoms with E-state index in [1.165, 1.54) is 11.1 Å². The molecule has 2 rings (SSSR count). The molecule has 0 unspecified atom stereocenters. The molecule has 0 radical (unpaired) electrons. The lowest BCUT2D eigenvalue weighted by Crippen LogP contribution is -1.73. The summed E-state index contributed by atoms with van der Waals surface area (Å²) >= 11 is 0. The molecule has 0 saturated carbocycles. The average molecular weight is 214 g/mol. The molecule has 3 heteroatoms. The van der Waals surface area contributed by atoms with Crippen molar-refractivity contribution < 1.29 is 8.92 Å². The molecular weight excluding hydrogens is 204 g/mol. The van der Waals surface area contributed by atoms with Gasteiger partial charge in [-0.05, 0) is 11.1 Å². The van der Waals surface area contributed by atoms with E-state index >= 15 is 0 Å². The second-order valence-corrected chi connectivity index (χ2v) is 2.98. The Morgan fingerprint density at radius 3 is 1.13 bits per heavy atom. The van der Waals surface area contributed by atoms with Gasteiger partial charge in [-0.25, -0.2) is 0 Å². The predicted octanol–water partition coefficient (Wildman–Crippen LogP) is 2.74. The molecule has 0 aliphatic carbocycles. The molecule has 15 heavy (non-hydrogen) atoms. The van der Waals surface area contributed by atoms with Crippen LogP contribution in [-0.4, -0.2) is 9.29 Å². The Morgan fingerprint density at radius 1 is 0.600 bits per heavy atom. The van der Waals surface area contributed by atoms with Gasteiger partial charge < -0.3 is 0 Å². The summed E-state index contributed by atoms with van der Waals surface area (Å²) in [7, 11) is -1.42. The van der Waals surface area contributed by atoms with Gasteiger partial charge in [-0.15, -0.1) is 0 Å². The third-order valence-electron chi connectivity index (χ3n) is 1.88. The summed E-state index contributed by atoms with van der Waals surface area (Å²) in [6.07, 6.45) is 0. The molecule has 0 N–H and O–H groups in total. The fraction of sp³-hybridized carbons (Fsp3) is 0. The topological polar surface area (TPSA) is 34.1 Å². The molecule has 2 aromatic carbocycles. The van der Waals surface area contributed by atoms with Crippen LogP contribution in [0.4, 0.5) is 0 Å². The fourth-order valence-electron chi connectivity index (χ4n) is 1.26. The summed E-state index contributed by atoms with van der Waals surface area (Å²) in [4.78, 5) is 0. The Bertz CT molecular complexity index is 382. The minimum atomic E-state index is -1.42. The highest BCUT2D eigenvalue weighted by atomic mass is 28.2. The van der Waals surface area contributed by atoms with E-state index in [0.717, 1.165) is 0 Å². The van der Waals surface area contributed by atoms with Crippen molar-refractivity contribution in [2.24, 2.45) is 0 Å². The maximum Gasteiger partial charge on any atom is 0.549 e. The smallest absolute Gasteiger partial charge is 0.274 e. The van der Waals surface area contributed by atoms with Crippen LogP contribution in [-0.2, 0) is 8.92 Å². The van der Waals surface area contributed by atoms with Crippen molar-refractivity contribution in [2.45, 2.75) is 0 Å². The van der Waals surface area contributed by atoms with Crippen LogP contribution >= 0.6 is 0 Å². The summed E-state index contributed by atoms with van der Waals surface area (Å²) < 4.78 is 16.8. The van der Waals surface area contributed by atoms with Gasteiger partial charge in [0.1, 0.15) is 0 Å². The van der Waals surface area contributed by atoms with E-state index in [-0.39, 0.29) is 0 Å². The van der Waals surface area contributed by atoms with Gasteiger partial charge in [0.25, 0.3) is 0 Å². The molecule has 0 aromatic heterocycles. The lowest BCUT2D eigenvalue weighted by Gasteiger charge is -1.98. The zero-order valence-corrected chi connectivity index (χ0v) is 9.09. The summed E-state index contributed by atoms with van der Waals surface area (Å²) in [5.74, 6) is 0. The molecule has 0 aliphatic heterocycles. The second-order valence-electron chi connectivity index (χ2n) is 2.82. The third kappa shape index (κ3) is 3.87. The first-order chi connectivity index (χ1) is 7.38. The number of hydrogen-bond donors (Lipinski definition) is 0. The molecule has 0 fully saturated rings. The predicted molar refractivity (Wildman–Crippen MR) is 59.0 cm³/mol. The molecular formula is C12H10O2Si. The maximum atomic E-state index is 8.40. The van der Waals surface area contributed by atoms with Crippen molar-refractivity contribution >= 4 is 9.29 Å². The van der Waals surface area contributed by atoms with Gasteiger partial charge in [0.15, 0.2) is 0 Å². The van der Waals surface area contributed by atoms with Crippen LogP contribution in [0, 0.1) is 0 Å². The van der Waals surface area contributed by atoms with Gasteiger partial charge >= 0.3 is 9.29 Å². The van der Waals surface area contributed by atoms with Crippen LogP contribution in [0.3, 0.4) is 0 Å². The Balaban J connectivity index is 0.000000337. The van der Waals surface area contributed by atoms with E-state index in [9.17, 15) is 0 Å². The van der Waals surface area contributed by atoms with Crippen molar-refractivity contribution in [1.82, 2.24) is 0 Å². The Hall–Kier alpha value is -1.74. The standard InChI is InChI=1S/C12H10.O2Si/c1-3-7-11(8-4-1)12-9-5-2-6-10-12;1-3-2/h1-10H;. The van der Waals surface area contributed by atoms with Crippen LogP contribution in [0.5, 0.6) is 0 Å². The molecule has 74 valence electrons. The highest BCUT2D eigenvalue weighted by Gasteiger charge is 1.91. The summed E-state index contributed by atoms with van der Waals surface area (Å²) in [5.41, 5.74) is 2.55. The lowest BCUT2D eigenvalue weighted by molar-refractivity contribution is 0.497. The van der Waals surface area contributed by atoms with E-state index in [0.29, 0.717) is 0 Å². The SMILES string of the molecule is O=[Si]=O.c1ccc(-c2ccccc2)cc1. The first-order valence-corrected chi connectivity index (χ1v) is 5.30. The molecule has 0 bridgehead atoms. The van der Waals surface area contributed by atoms with Crippen LogP contribution in [0.1, 0.15) is 0 Å². The molecule has 0 saturated heterocycles. The Morgan fingerprint density at radius 2 is 0.867 bits per heavy atom. The van der Waals surface area contributed by atoms with Crippen LogP contribution < -0.4 is 0 Å². The normalized spacial score (nSPS) is 8.27. The number of rotatable bonds is 1. The zero-order valence-electron chi connectivity index (χ0n) is 8.09. The quantitative estimate of drug-likeness (QED) is 0.684. The molecule has 0 spiro atoms. The van der Waals surface area contributed by atoms with Crippen molar-refractivity contribution in [2.75, 3.05) is 0 Å². The number of benzene rings is 2. The first kappa shape index (κ1) is 11.3. The van der Waals surface area contributed by atoms with Crippen molar-refractivity contribution in [3.63, 3.8) is 0 Å². The van der Waals surface area contributed by atoms with Crippen molar-refractivity contribution in [3.05, 3.63) is 60.7 Å². The van der Waals surface area contributed by atoms with E-state index in [2.05, 4.69) is 48.5 Å². The Kier molecular flexibility index (Phi) is 5.04. The van der Waals surface area contributed by atoms with Crippen LogP contribution in [0.15, 0.2) is 60.7 Å². The third-order valence-corrected chi connectivity index (χ3v) is 1.88. The van der Waals surface area contributed by atoms with Gasteiger partial charge in [-0.1, -0.05) is 60.7 Å². The van der Waals surface area contributed by atoms with Gasteiger partial charge in [-0.3, -0.25) is 8.92 Å². The van der Waals surface area contributed by atoms with Crippen LogP contribution in [0.25, 0.3) is 11.1 Å². The fourth-order valence-corrected chi connectivity index (χ4v) is 1.26. The van der Waals surface area contributed by atoms with Crippen molar-refractivity contribution in [1.29, 1.82) is 0 Å². The maximum absolute atomic E-state index is 8.40. The summed E-state index contributed by atoms with van der Waals surface area (Å²) in [6.45, 7) is 0. The van der Waals surface area contributed by atoms with Gasteiger partial charge in [0, 0.05) is 0 Å².